The van der Waals surface area contributed by atoms with Gasteiger partial charge in [0, 0.05) is 38.3 Å². The van der Waals surface area contributed by atoms with Crippen molar-refractivity contribution in [1.82, 2.24) is 39.5 Å². The van der Waals surface area contributed by atoms with Crippen molar-refractivity contribution in [3.8, 4) is 0 Å². The van der Waals surface area contributed by atoms with Gasteiger partial charge in [-0.15, -0.1) is 22.7 Å². The summed E-state index contributed by atoms with van der Waals surface area (Å²) in [6, 6.07) is 15.4. The molecule has 2 fully saturated rings. The molecule has 2 aliphatic rings. The van der Waals surface area contributed by atoms with Crippen LogP contribution >= 0.6 is 22.7 Å². The normalized spacial score (nSPS) is 18.4. The monoisotopic (exact) mass is 1000 g/mol. The lowest BCUT2D eigenvalue weighted by atomic mass is 9.89. The van der Waals surface area contributed by atoms with Crippen molar-refractivity contribution < 1.29 is 24.0 Å². The largest absolute Gasteiger partial charge is 0.383 e. The molecule has 19 heteroatoms. The molecule has 4 aromatic heterocycles. The van der Waals surface area contributed by atoms with E-state index in [1.807, 2.05) is 24.3 Å². The number of amides is 5. The number of rotatable bonds is 15. The number of likely N-dealkylation sites (N-methyl/N-ethyl adjacent to an activating group) is 1. The maximum atomic E-state index is 13.9. The summed E-state index contributed by atoms with van der Waals surface area (Å²) in [5.74, 6) is -2.56. The van der Waals surface area contributed by atoms with E-state index in [1.165, 1.54) is 24.7 Å². The van der Waals surface area contributed by atoms with Crippen molar-refractivity contribution >= 4 is 89.8 Å². The summed E-state index contributed by atoms with van der Waals surface area (Å²) in [7, 11) is 4.16. The molecular formula is C52H64N12O5S2. The Bertz CT molecular complexity index is 2940. The van der Waals surface area contributed by atoms with E-state index in [1.54, 1.807) is 32.5 Å². The fraction of sp³-hybridized carbons (Fsp3) is 0.442. The number of primary amides is 1. The zero-order valence-electron chi connectivity index (χ0n) is 41.3. The summed E-state index contributed by atoms with van der Waals surface area (Å²) in [6.07, 6.45) is 9.65. The number of aromatic nitrogens is 4. The van der Waals surface area contributed by atoms with Gasteiger partial charge in [-0.2, -0.15) is 0 Å². The van der Waals surface area contributed by atoms with Crippen LogP contribution in [0.15, 0.2) is 67.1 Å². The van der Waals surface area contributed by atoms with Crippen molar-refractivity contribution in [1.29, 1.82) is 0 Å². The Morgan fingerprint density at radius 2 is 1.30 bits per heavy atom. The van der Waals surface area contributed by atoms with E-state index < -0.39 is 29.5 Å². The number of nitrogen functional groups attached to an aromatic ring is 1. The molecule has 8 rings (SSSR count). The molecule has 6 heterocycles. The first-order valence-corrected chi connectivity index (χ1v) is 26.0. The van der Waals surface area contributed by atoms with Crippen molar-refractivity contribution in [2.45, 2.75) is 97.3 Å². The van der Waals surface area contributed by atoms with Gasteiger partial charge in [-0.3, -0.25) is 33.9 Å². The van der Waals surface area contributed by atoms with Crippen LogP contribution in [0.2, 0.25) is 0 Å². The molecule has 71 heavy (non-hydrogen) atoms. The molecule has 0 radical (unpaired) electrons. The number of carbonyl (C=O) groups is 5. The summed E-state index contributed by atoms with van der Waals surface area (Å²) in [4.78, 5) is 92.1. The third-order valence-corrected chi connectivity index (χ3v) is 15.8. The number of piperidine rings is 2. The van der Waals surface area contributed by atoms with Gasteiger partial charge in [0.15, 0.2) is 0 Å². The Morgan fingerprint density at radius 3 is 1.87 bits per heavy atom. The number of carbonyl (C=O) groups excluding carboxylic acids is 5. The highest BCUT2D eigenvalue weighted by molar-refractivity contribution is 7.18. The number of aryl methyl sites for hydroxylation is 1. The van der Waals surface area contributed by atoms with Crippen LogP contribution < -0.4 is 22.1 Å². The Hall–Kier alpha value is -6.41. The van der Waals surface area contributed by atoms with E-state index >= 15 is 0 Å². The SMILES string of the molecule is CC(C)N(C)Cc1nc2cc([C@H]3CC[C@H](C)CN3C(=O)C(=O)Nc3cnc(N)c(CCCN(C)CCc4nc5cc([C@@H]6CC[C@@H](C)CN6C(=O)C(=O)Nc6cncc(C(N)=O)c6)ccc5s4)c3)ccc2s1. The lowest BCUT2D eigenvalue weighted by Gasteiger charge is -2.38. The molecule has 4 atom stereocenters. The zero-order valence-corrected chi connectivity index (χ0v) is 42.9. The molecule has 2 aliphatic heterocycles. The van der Waals surface area contributed by atoms with Crippen LogP contribution in [0.1, 0.15) is 109 Å². The quantitative estimate of drug-likeness (QED) is 0.0750. The Labute approximate surface area is 422 Å². The van der Waals surface area contributed by atoms with E-state index in [0.717, 1.165) is 98.9 Å². The van der Waals surface area contributed by atoms with Gasteiger partial charge in [0.1, 0.15) is 10.8 Å². The van der Waals surface area contributed by atoms with Crippen molar-refractivity contribution in [2.75, 3.05) is 56.6 Å². The minimum absolute atomic E-state index is 0.127. The number of likely N-dealkylation sites (tertiary alicyclic amines) is 2. The lowest BCUT2D eigenvalue weighted by Crippen LogP contribution is -2.46. The molecular weight excluding hydrogens is 937 g/mol. The standard InChI is InChI=1S/C52H64N12O5S2/c1-30(2)62(6)29-46-60-40-23-34(12-16-44(40)71-46)42-14-10-32(4)28-64(42)52(69)50(67)58-38-20-35(47(53)56-26-38)8-7-18-61(5)19-17-45-59-39-22-33(11-15-43(39)70-45)41-13-9-31(3)27-63(41)51(68)49(66)57-37-21-36(48(54)65)24-55-25-37/h11-12,15-16,20-26,30-32,41-42H,7-10,13-14,17-19,27-29H2,1-6H3,(H2,53,56)(H2,54,65)(H,57,66)(H,58,67)/t31-,32+,41+,42-/m1/s1. The number of fused-ring (bicyclic) bond motifs is 2. The average molecular weight is 1000 g/mol. The maximum absolute atomic E-state index is 13.9. The number of anilines is 3. The second-order valence-electron chi connectivity index (χ2n) is 19.7. The predicted molar refractivity (Wildman–Crippen MR) is 280 cm³/mol. The number of nitrogens with one attached hydrogen (secondary N) is 2. The van der Waals surface area contributed by atoms with Crippen molar-refractivity contribution in [2.24, 2.45) is 17.6 Å². The molecule has 2 saturated heterocycles. The molecule has 374 valence electrons. The fourth-order valence-electron chi connectivity index (χ4n) is 9.42. The highest BCUT2D eigenvalue weighted by Gasteiger charge is 2.36. The van der Waals surface area contributed by atoms with Crippen LogP contribution in [0.4, 0.5) is 17.2 Å². The van der Waals surface area contributed by atoms with Gasteiger partial charge in [0.05, 0.1) is 73.4 Å². The molecule has 6 N–H and O–H groups in total. The van der Waals surface area contributed by atoms with E-state index in [4.69, 9.17) is 21.4 Å². The highest BCUT2D eigenvalue weighted by Crippen LogP contribution is 2.38. The first-order valence-electron chi connectivity index (χ1n) is 24.4. The first kappa shape index (κ1) is 51.0. The van der Waals surface area contributed by atoms with Crippen molar-refractivity contribution in [3.05, 3.63) is 99.4 Å². The van der Waals surface area contributed by atoms with Crippen LogP contribution in [-0.2, 0) is 38.6 Å². The third kappa shape index (κ3) is 12.4. The second kappa shape index (κ2) is 22.3. The van der Waals surface area contributed by atoms with Gasteiger partial charge in [0.25, 0.3) is 0 Å². The molecule has 0 aliphatic carbocycles. The van der Waals surface area contributed by atoms with E-state index in [2.05, 4.69) is 90.4 Å². The number of hydrogen-bond donors (Lipinski definition) is 4. The second-order valence-corrected chi connectivity index (χ2v) is 21.9. The number of benzene rings is 2. The third-order valence-electron chi connectivity index (χ3n) is 13.7. The lowest BCUT2D eigenvalue weighted by molar-refractivity contribution is -0.146. The van der Waals surface area contributed by atoms with Crippen LogP contribution in [-0.4, -0.2) is 115 Å². The summed E-state index contributed by atoms with van der Waals surface area (Å²) < 4.78 is 2.15. The Balaban J connectivity index is 0.835. The van der Waals surface area contributed by atoms with E-state index in [9.17, 15) is 24.0 Å². The van der Waals surface area contributed by atoms with Gasteiger partial charge in [-0.05, 0) is 138 Å². The van der Waals surface area contributed by atoms with E-state index in [0.29, 0.717) is 43.5 Å². The van der Waals surface area contributed by atoms with Gasteiger partial charge >= 0.3 is 23.6 Å². The predicted octanol–water partition coefficient (Wildman–Crippen LogP) is 7.20. The summed E-state index contributed by atoms with van der Waals surface area (Å²) in [5.41, 5.74) is 16.9. The molecule has 0 bridgehead atoms. The number of pyridine rings is 2. The molecule has 0 unspecified atom stereocenters. The number of nitrogens with two attached hydrogens (primary N) is 2. The number of thiazole rings is 2. The van der Waals surface area contributed by atoms with Crippen LogP contribution in [0, 0.1) is 11.8 Å². The number of nitrogens with zero attached hydrogens (tertiary/aromatic N) is 8. The molecule has 17 nitrogen and oxygen atoms in total. The molecule has 2 aromatic carbocycles. The summed E-state index contributed by atoms with van der Waals surface area (Å²) >= 11 is 3.33. The Morgan fingerprint density at radius 1 is 0.732 bits per heavy atom. The van der Waals surface area contributed by atoms with Crippen LogP contribution in [0.5, 0.6) is 0 Å². The Kier molecular flexibility index (Phi) is 16.0. The van der Waals surface area contributed by atoms with Crippen molar-refractivity contribution in [3.63, 3.8) is 0 Å². The van der Waals surface area contributed by atoms with Gasteiger partial charge in [0.2, 0.25) is 5.91 Å². The van der Waals surface area contributed by atoms with Gasteiger partial charge < -0.3 is 36.8 Å². The number of hydrogen-bond acceptors (Lipinski definition) is 14. The molecule has 6 aromatic rings. The minimum Gasteiger partial charge on any atom is -0.383 e. The molecule has 5 amide bonds. The smallest absolute Gasteiger partial charge is 0.313 e. The topological polar surface area (TPSA) is 226 Å². The fourth-order valence-corrected chi connectivity index (χ4v) is 11.4. The maximum Gasteiger partial charge on any atom is 0.313 e. The summed E-state index contributed by atoms with van der Waals surface area (Å²) in [6.45, 7) is 11.8. The minimum atomic E-state index is -0.808. The van der Waals surface area contributed by atoms with Crippen LogP contribution in [0.3, 0.4) is 0 Å². The van der Waals surface area contributed by atoms with Crippen LogP contribution in [0.25, 0.3) is 20.4 Å². The first-order chi connectivity index (χ1) is 34.0. The zero-order chi connectivity index (χ0) is 50.5. The van der Waals surface area contributed by atoms with Gasteiger partial charge in [-0.25, -0.2) is 15.0 Å². The highest BCUT2D eigenvalue weighted by atomic mass is 32.1. The average Bonchev–Trinajstić information content (AvgIpc) is 3.96. The van der Waals surface area contributed by atoms with E-state index in [-0.39, 0.29) is 35.2 Å². The van der Waals surface area contributed by atoms with Gasteiger partial charge in [-0.1, -0.05) is 26.0 Å². The molecule has 0 spiro atoms. The summed E-state index contributed by atoms with van der Waals surface area (Å²) in [5, 5.41) is 7.45. The molecule has 0 saturated carbocycles.